The van der Waals surface area contributed by atoms with Gasteiger partial charge in [0.1, 0.15) is 0 Å². The quantitative estimate of drug-likeness (QED) is 0.798. The Morgan fingerprint density at radius 3 is 2.22 bits per heavy atom. The van der Waals surface area contributed by atoms with Crippen molar-refractivity contribution in [2.75, 3.05) is 0 Å². The first-order chi connectivity index (χ1) is 10.8. The molecule has 4 heteroatoms. The Hall–Kier alpha value is -2.20. The molecule has 122 valence electrons. The molecule has 0 fully saturated rings. The third kappa shape index (κ3) is 3.59. The third-order valence-corrected chi connectivity index (χ3v) is 4.23. The van der Waals surface area contributed by atoms with Gasteiger partial charge in [-0.15, -0.1) is 0 Å². The van der Waals surface area contributed by atoms with Crippen LogP contribution in [0.4, 0.5) is 0 Å². The zero-order valence-corrected chi connectivity index (χ0v) is 14.4. The van der Waals surface area contributed by atoms with Crippen molar-refractivity contribution >= 4 is 11.6 Å². The number of rotatable bonds is 6. The van der Waals surface area contributed by atoms with Crippen LogP contribution in [-0.2, 0) is 0 Å². The molecular weight excluding hydrogens is 288 g/mol. The molecule has 0 aliphatic heterocycles. The van der Waals surface area contributed by atoms with E-state index in [0.717, 1.165) is 16.8 Å². The predicted octanol–water partition coefficient (Wildman–Crippen LogP) is 3.76. The van der Waals surface area contributed by atoms with Gasteiger partial charge in [-0.05, 0) is 45.7 Å². The lowest BCUT2D eigenvalue weighted by atomic mass is 10.0. The number of hydrogen-bond donors (Lipinski definition) is 2. The Morgan fingerprint density at radius 2 is 1.70 bits per heavy atom. The van der Waals surface area contributed by atoms with E-state index >= 15 is 0 Å². The highest BCUT2D eigenvalue weighted by molar-refractivity contribution is 6.05. The van der Waals surface area contributed by atoms with Crippen molar-refractivity contribution in [1.82, 2.24) is 10.3 Å². The number of carbonyl (C=O) groups excluding carboxylic acids is 2. The number of ketones is 2. The molecule has 0 bridgehead atoms. The summed E-state index contributed by atoms with van der Waals surface area (Å²) in [7, 11) is 0. The Kier molecular flexibility index (Phi) is 5.16. The molecule has 0 aliphatic rings. The van der Waals surface area contributed by atoms with Crippen LogP contribution in [0.1, 0.15) is 64.5 Å². The van der Waals surface area contributed by atoms with Crippen molar-refractivity contribution in [2.24, 2.45) is 0 Å². The zero-order valence-electron chi connectivity index (χ0n) is 14.4. The van der Waals surface area contributed by atoms with Gasteiger partial charge in [0.25, 0.3) is 0 Å². The number of nitrogens with one attached hydrogen (secondary N) is 2. The van der Waals surface area contributed by atoms with Crippen LogP contribution in [0, 0.1) is 13.8 Å². The summed E-state index contributed by atoms with van der Waals surface area (Å²) >= 11 is 0. The van der Waals surface area contributed by atoms with E-state index in [1.807, 2.05) is 58.0 Å². The van der Waals surface area contributed by atoms with Gasteiger partial charge in [-0.2, -0.15) is 0 Å². The highest BCUT2D eigenvalue weighted by atomic mass is 16.1. The van der Waals surface area contributed by atoms with E-state index in [1.54, 1.807) is 0 Å². The molecule has 0 unspecified atom stereocenters. The van der Waals surface area contributed by atoms with Crippen LogP contribution in [0.5, 0.6) is 0 Å². The first-order valence-corrected chi connectivity index (χ1v) is 7.88. The van der Waals surface area contributed by atoms with Crippen LogP contribution in [0.15, 0.2) is 30.3 Å². The second kappa shape index (κ2) is 6.92. The number of aromatic amines is 1. The van der Waals surface area contributed by atoms with Gasteiger partial charge in [0.15, 0.2) is 11.6 Å². The molecule has 2 aromatic rings. The maximum Gasteiger partial charge on any atom is 0.195 e. The smallest absolute Gasteiger partial charge is 0.195 e. The third-order valence-electron chi connectivity index (χ3n) is 4.23. The van der Waals surface area contributed by atoms with Crippen molar-refractivity contribution in [2.45, 2.75) is 46.7 Å². The first kappa shape index (κ1) is 17.2. The summed E-state index contributed by atoms with van der Waals surface area (Å²) in [6.45, 7) is 9.06. The summed E-state index contributed by atoms with van der Waals surface area (Å²) in [5.41, 5.74) is 3.77. The summed E-state index contributed by atoms with van der Waals surface area (Å²) < 4.78 is 0. The van der Waals surface area contributed by atoms with Crippen molar-refractivity contribution < 1.29 is 9.59 Å². The predicted molar refractivity (Wildman–Crippen MR) is 92.1 cm³/mol. The fraction of sp³-hybridized carbons (Fsp3) is 0.368. The first-order valence-electron chi connectivity index (χ1n) is 7.88. The molecule has 1 aromatic heterocycles. The largest absolute Gasteiger partial charge is 0.355 e. The number of aromatic nitrogens is 1. The fourth-order valence-electron chi connectivity index (χ4n) is 3.03. The minimum Gasteiger partial charge on any atom is -0.355 e. The van der Waals surface area contributed by atoms with E-state index in [-0.39, 0.29) is 23.7 Å². The highest BCUT2D eigenvalue weighted by Gasteiger charge is 2.24. The van der Waals surface area contributed by atoms with E-state index in [4.69, 9.17) is 0 Å². The lowest BCUT2D eigenvalue weighted by molar-refractivity contribution is 0.0940. The Labute approximate surface area is 137 Å². The maximum absolute atomic E-state index is 12.7. The average Bonchev–Trinajstić information content (AvgIpc) is 2.82. The zero-order chi connectivity index (χ0) is 17.1. The van der Waals surface area contributed by atoms with Gasteiger partial charge in [-0.25, -0.2) is 0 Å². The normalized spacial score (nSPS) is 13.6. The SMILES string of the molecule is CC(=O)c1c(C)[nH]c(C(=O)[C@@H](C)N[C@@H](C)c2ccccc2)c1C. The molecule has 0 aliphatic carbocycles. The second-order valence-electron chi connectivity index (χ2n) is 6.07. The number of carbonyl (C=O) groups is 2. The van der Waals surface area contributed by atoms with Gasteiger partial charge in [0, 0.05) is 17.3 Å². The topological polar surface area (TPSA) is 62.0 Å². The van der Waals surface area contributed by atoms with Crippen LogP contribution in [0.3, 0.4) is 0 Å². The Bertz CT molecular complexity index is 716. The molecule has 1 aromatic carbocycles. The fourth-order valence-corrected chi connectivity index (χ4v) is 3.03. The standard InChI is InChI=1S/C19H24N2O2/c1-11-17(15(5)22)13(3)21-18(11)19(23)14(4)20-12(2)16-9-7-6-8-10-16/h6-10,12,14,20-21H,1-5H3/t12-,14+/m0/s1. The summed E-state index contributed by atoms with van der Waals surface area (Å²) in [6, 6.07) is 9.73. The van der Waals surface area contributed by atoms with Crippen molar-refractivity contribution in [1.29, 1.82) is 0 Å². The molecule has 23 heavy (non-hydrogen) atoms. The monoisotopic (exact) mass is 312 g/mol. The second-order valence-corrected chi connectivity index (χ2v) is 6.07. The minimum atomic E-state index is -0.346. The lowest BCUT2D eigenvalue weighted by Crippen LogP contribution is -2.36. The van der Waals surface area contributed by atoms with E-state index in [9.17, 15) is 9.59 Å². The summed E-state index contributed by atoms with van der Waals surface area (Å²) in [5, 5.41) is 3.33. The van der Waals surface area contributed by atoms with Gasteiger partial charge in [0.05, 0.1) is 11.7 Å². The van der Waals surface area contributed by atoms with Crippen LogP contribution < -0.4 is 5.32 Å². The number of Topliss-reactive ketones (excluding diaryl/α,β-unsaturated/α-hetero) is 2. The molecule has 2 N–H and O–H groups in total. The molecule has 2 rings (SSSR count). The van der Waals surface area contributed by atoms with Crippen LogP contribution in [0.2, 0.25) is 0 Å². The summed E-state index contributed by atoms with van der Waals surface area (Å²) in [5.74, 6) is -0.0468. The molecule has 0 radical (unpaired) electrons. The summed E-state index contributed by atoms with van der Waals surface area (Å²) in [4.78, 5) is 27.5. The maximum atomic E-state index is 12.7. The molecule has 0 amide bonds. The number of H-pyrrole nitrogens is 1. The molecular formula is C19H24N2O2. The summed E-state index contributed by atoms with van der Waals surface area (Å²) in [6.07, 6.45) is 0. The van der Waals surface area contributed by atoms with E-state index < -0.39 is 0 Å². The molecule has 0 saturated carbocycles. The molecule has 2 atom stereocenters. The molecule has 0 spiro atoms. The van der Waals surface area contributed by atoms with E-state index in [2.05, 4.69) is 10.3 Å². The van der Waals surface area contributed by atoms with Crippen LogP contribution >= 0.6 is 0 Å². The van der Waals surface area contributed by atoms with Crippen LogP contribution in [0.25, 0.3) is 0 Å². The van der Waals surface area contributed by atoms with Crippen molar-refractivity contribution in [3.8, 4) is 0 Å². The van der Waals surface area contributed by atoms with Gasteiger partial charge in [-0.3, -0.25) is 9.59 Å². The van der Waals surface area contributed by atoms with E-state index in [1.165, 1.54) is 6.92 Å². The van der Waals surface area contributed by atoms with Gasteiger partial charge in [0.2, 0.25) is 0 Å². The number of benzene rings is 1. The van der Waals surface area contributed by atoms with Crippen molar-refractivity contribution in [3.05, 3.63) is 58.4 Å². The number of aryl methyl sites for hydroxylation is 1. The minimum absolute atomic E-state index is 0.0198. The number of hydrogen-bond acceptors (Lipinski definition) is 3. The molecule has 4 nitrogen and oxygen atoms in total. The molecule has 1 heterocycles. The van der Waals surface area contributed by atoms with E-state index in [0.29, 0.717) is 11.3 Å². The van der Waals surface area contributed by atoms with Gasteiger partial charge >= 0.3 is 0 Å². The van der Waals surface area contributed by atoms with Gasteiger partial charge < -0.3 is 10.3 Å². The van der Waals surface area contributed by atoms with Crippen molar-refractivity contribution in [3.63, 3.8) is 0 Å². The van der Waals surface area contributed by atoms with Crippen LogP contribution in [-0.4, -0.2) is 22.6 Å². The Balaban J connectivity index is 2.17. The average molecular weight is 312 g/mol. The lowest BCUT2D eigenvalue weighted by Gasteiger charge is -2.19. The molecule has 0 saturated heterocycles. The van der Waals surface area contributed by atoms with Gasteiger partial charge in [-0.1, -0.05) is 30.3 Å². The highest BCUT2D eigenvalue weighted by Crippen LogP contribution is 2.20. The Morgan fingerprint density at radius 1 is 1.09 bits per heavy atom.